The molecule has 0 saturated heterocycles. The second-order valence-electron chi connectivity index (χ2n) is 22.4. The van der Waals surface area contributed by atoms with Crippen molar-refractivity contribution in [3.05, 3.63) is 24.3 Å². The molecular formula is C67H126O6. The highest BCUT2D eigenvalue weighted by atomic mass is 16.6. The Morgan fingerprint density at radius 2 is 0.452 bits per heavy atom. The third-order valence-corrected chi connectivity index (χ3v) is 14.9. The highest BCUT2D eigenvalue weighted by Gasteiger charge is 2.19. The molecule has 0 fully saturated rings. The van der Waals surface area contributed by atoms with Crippen molar-refractivity contribution in [3.63, 3.8) is 0 Å². The largest absolute Gasteiger partial charge is 0.462 e. The van der Waals surface area contributed by atoms with Crippen LogP contribution in [0.5, 0.6) is 0 Å². The van der Waals surface area contributed by atoms with E-state index in [1.807, 2.05) is 0 Å². The zero-order valence-electron chi connectivity index (χ0n) is 49.4. The maximum Gasteiger partial charge on any atom is 0.306 e. The van der Waals surface area contributed by atoms with Gasteiger partial charge in [0, 0.05) is 19.3 Å². The third-order valence-electron chi connectivity index (χ3n) is 14.9. The number of carbonyl (C=O) groups excluding carboxylic acids is 3. The number of carbonyl (C=O) groups is 3. The van der Waals surface area contributed by atoms with Gasteiger partial charge in [0.2, 0.25) is 0 Å². The lowest BCUT2D eigenvalue weighted by molar-refractivity contribution is -0.167. The highest BCUT2D eigenvalue weighted by Crippen LogP contribution is 2.18. The summed E-state index contributed by atoms with van der Waals surface area (Å²) < 4.78 is 17.0. The monoisotopic (exact) mass is 1030 g/mol. The van der Waals surface area contributed by atoms with E-state index in [4.69, 9.17) is 14.2 Å². The van der Waals surface area contributed by atoms with Crippen LogP contribution in [0, 0.1) is 0 Å². The van der Waals surface area contributed by atoms with E-state index in [1.165, 1.54) is 270 Å². The Hall–Kier alpha value is -2.11. The average Bonchev–Trinajstić information content (AvgIpc) is 3.39. The third kappa shape index (κ3) is 60.6. The summed E-state index contributed by atoms with van der Waals surface area (Å²) in [5.74, 6) is -0.850. The number of allylic oxidation sites excluding steroid dienone is 4. The topological polar surface area (TPSA) is 78.9 Å². The molecule has 6 nitrogen and oxygen atoms in total. The molecule has 0 aliphatic heterocycles. The van der Waals surface area contributed by atoms with Gasteiger partial charge in [0.1, 0.15) is 13.2 Å². The van der Waals surface area contributed by atoms with Gasteiger partial charge in [-0.05, 0) is 70.6 Å². The summed E-state index contributed by atoms with van der Waals surface area (Å²) in [6.45, 7) is 6.70. The van der Waals surface area contributed by atoms with Crippen molar-refractivity contribution in [1.29, 1.82) is 0 Å². The van der Waals surface area contributed by atoms with Crippen LogP contribution in [0.1, 0.15) is 367 Å². The summed E-state index contributed by atoms with van der Waals surface area (Å²) in [5, 5.41) is 0. The van der Waals surface area contributed by atoms with Crippen LogP contribution in [0.25, 0.3) is 0 Å². The fraction of sp³-hybridized carbons (Fsp3) is 0.896. The summed E-state index contributed by atoms with van der Waals surface area (Å²) in [4.78, 5) is 38.3. The first kappa shape index (κ1) is 70.9. The van der Waals surface area contributed by atoms with Crippen LogP contribution in [0.2, 0.25) is 0 Å². The minimum absolute atomic E-state index is 0.0692. The fourth-order valence-electron chi connectivity index (χ4n) is 9.97. The normalized spacial score (nSPS) is 12.1. The van der Waals surface area contributed by atoms with Gasteiger partial charge in [-0.3, -0.25) is 14.4 Å². The summed E-state index contributed by atoms with van der Waals surface area (Å²) in [6, 6.07) is 0. The van der Waals surface area contributed by atoms with Crippen LogP contribution in [0.3, 0.4) is 0 Å². The first-order valence-electron chi connectivity index (χ1n) is 32.8. The van der Waals surface area contributed by atoms with Gasteiger partial charge < -0.3 is 14.2 Å². The highest BCUT2D eigenvalue weighted by molar-refractivity contribution is 5.71. The Morgan fingerprint density at radius 1 is 0.260 bits per heavy atom. The van der Waals surface area contributed by atoms with Crippen molar-refractivity contribution in [3.8, 4) is 0 Å². The van der Waals surface area contributed by atoms with E-state index in [0.717, 1.165) is 57.8 Å². The van der Waals surface area contributed by atoms with E-state index < -0.39 is 6.10 Å². The maximum atomic E-state index is 12.9. The Balaban J connectivity index is 4.32. The predicted octanol–water partition coefficient (Wildman–Crippen LogP) is 22.2. The first-order valence-corrected chi connectivity index (χ1v) is 32.8. The second-order valence-corrected chi connectivity index (χ2v) is 22.4. The quantitative estimate of drug-likeness (QED) is 0.0261. The summed E-state index contributed by atoms with van der Waals surface area (Å²) in [5.41, 5.74) is 0. The molecule has 430 valence electrons. The molecule has 0 radical (unpaired) electrons. The minimum Gasteiger partial charge on any atom is -0.462 e. The van der Waals surface area contributed by atoms with Crippen LogP contribution >= 0.6 is 0 Å². The van der Waals surface area contributed by atoms with E-state index in [1.54, 1.807) is 0 Å². The Labute approximate surface area is 455 Å². The number of unbranched alkanes of at least 4 members (excludes halogenated alkanes) is 46. The van der Waals surface area contributed by atoms with Crippen LogP contribution in [-0.4, -0.2) is 37.2 Å². The standard InChI is InChI=1S/C67H126O6/c1-4-7-10-13-16-19-22-25-28-31-33-34-37-39-42-45-48-51-54-57-60-66(69)72-63-64(62-71-65(68)59-56-53-50-47-44-41-38-35-30-27-24-21-18-15-12-9-6-3)73-67(70)61-58-55-52-49-46-43-40-36-32-29-26-23-20-17-14-11-8-5-2/h27,29-30,32,64H,4-26,28,31,33-63H2,1-3H3/b30-27-,32-29-. The molecule has 0 aromatic carbocycles. The van der Waals surface area contributed by atoms with E-state index in [2.05, 4.69) is 45.1 Å². The SMILES string of the molecule is CCCCCCCC/C=C\CCCCCCCCCC(=O)OCC(COC(=O)CCCCCCCCCCCCCCCCCCCCCC)OC(=O)CCCCCCCCC/C=C\CCCCCCCCC. The van der Waals surface area contributed by atoms with Crippen molar-refractivity contribution in [2.75, 3.05) is 13.2 Å². The lowest BCUT2D eigenvalue weighted by Crippen LogP contribution is -2.30. The lowest BCUT2D eigenvalue weighted by Gasteiger charge is -2.18. The van der Waals surface area contributed by atoms with Crippen molar-refractivity contribution < 1.29 is 28.6 Å². The molecule has 0 heterocycles. The van der Waals surface area contributed by atoms with Crippen molar-refractivity contribution in [2.24, 2.45) is 0 Å². The van der Waals surface area contributed by atoms with Crippen LogP contribution < -0.4 is 0 Å². The van der Waals surface area contributed by atoms with E-state index in [-0.39, 0.29) is 31.1 Å². The molecule has 0 bridgehead atoms. The van der Waals surface area contributed by atoms with Gasteiger partial charge >= 0.3 is 17.9 Å². The summed E-state index contributed by atoms with van der Waals surface area (Å²) in [7, 11) is 0. The van der Waals surface area contributed by atoms with Gasteiger partial charge in [-0.25, -0.2) is 0 Å². The number of hydrogen-bond acceptors (Lipinski definition) is 6. The summed E-state index contributed by atoms with van der Waals surface area (Å²) >= 11 is 0. The first-order chi connectivity index (χ1) is 36.0. The van der Waals surface area contributed by atoms with E-state index in [9.17, 15) is 14.4 Å². The zero-order valence-corrected chi connectivity index (χ0v) is 49.4. The predicted molar refractivity (Wildman–Crippen MR) is 316 cm³/mol. The molecule has 1 unspecified atom stereocenters. The van der Waals surface area contributed by atoms with Gasteiger partial charge in [-0.2, -0.15) is 0 Å². The number of rotatable bonds is 61. The Kier molecular flexibility index (Phi) is 60.6. The Morgan fingerprint density at radius 3 is 0.685 bits per heavy atom. The summed E-state index contributed by atoms with van der Waals surface area (Å²) in [6.07, 6.45) is 74.7. The van der Waals surface area contributed by atoms with E-state index >= 15 is 0 Å². The molecule has 0 aromatic rings. The molecule has 0 rings (SSSR count). The maximum absolute atomic E-state index is 12.9. The molecule has 0 aliphatic carbocycles. The minimum atomic E-state index is -0.773. The van der Waals surface area contributed by atoms with Gasteiger partial charge in [0.15, 0.2) is 6.10 Å². The molecule has 6 heteroatoms. The van der Waals surface area contributed by atoms with Crippen molar-refractivity contribution in [2.45, 2.75) is 374 Å². The molecule has 73 heavy (non-hydrogen) atoms. The molecule has 0 aromatic heterocycles. The zero-order chi connectivity index (χ0) is 52.9. The molecular weight excluding hydrogens is 901 g/mol. The smallest absolute Gasteiger partial charge is 0.306 e. The van der Waals surface area contributed by atoms with E-state index in [0.29, 0.717) is 19.3 Å². The van der Waals surface area contributed by atoms with Gasteiger partial charge in [-0.1, -0.05) is 302 Å². The van der Waals surface area contributed by atoms with Crippen LogP contribution in [0.4, 0.5) is 0 Å². The van der Waals surface area contributed by atoms with Gasteiger partial charge in [0.25, 0.3) is 0 Å². The molecule has 0 aliphatic rings. The average molecular weight is 1030 g/mol. The number of hydrogen-bond donors (Lipinski definition) is 0. The molecule has 0 saturated carbocycles. The number of esters is 3. The lowest BCUT2D eigenvalue weighted by atomic mass is 10.0. The molecule has 0 N–H and O–H groups in total. The van der Waals surface area contributed by atoms with Crippen LogP contribution in [-0.2, 0) is 28.6 Å². The van der Waals surface area contributed by atoms with Crippen molar-refractivity contribution in [1.82, 2.24) is 0 Å². The Bertz CT molecular complexity index is 1180. The van der Waals surface area contributed by atoms with Crippen molar-refractivity contribution >= 4 is 17.9 Å². The molecule has 0 spiro atoms. The van der Waals surface area contributed by atoms with Gasteiger partial charge in [-0.15, -0.1) is 0 Å². The number of ether oxygens (including phenoxy) is 3. The fourth-order valence-corrected chi connectivity index (χ4v) is 9.97. The van der Waals surface area contributed by atoms with Crippen LogP contribution in [0.15, 0.2) is 24.3 Å². The second kappa shape index (κ2) is 62.4. The van der Waals surface area contributed by atoms with Gasteiger partial charge in [0.05, 0.1) is 0 Å². The molecule has 0 amide bonds. The molecule has 1 atom stereocenters.